The average Bonchev–Trinajstić information content (AvgIpc) is 2.39. The number of ether oxygens (including phenoxy) is 2. The third-order valence-electron chi connectivity index (χ3n) is 3.20. The molecule has 0 atom stereocenters. The summed E-state index contributed by atoms with van der Waals surface area (Å²) < 4.78 is 11.6. The van der Waals surface area contributed by atoms with Gasteiger partial charge in [-0.3, -0.25) is 0 Å². The van der Waals surface area contributed by atoms with Crippen molar-refractivity contribution in [3.8, 4) is 0 Å². The smallest absolute Gasteiger partial charge is 0.0556 e. The molecule has 0 aliphatic carbocycles. The Balaban J connectivity index is 4.24. The highest BCUT2D eigenvalue weighted by Crippen LogP contribution is 2.24. The van der Waals surface area contributed by atoms with Gasteiger partial charge in [-0.1, -0.05) is 6.92 Å². The molecule has 0 spiro atoms. The van der Waals surface area contributed by atoms with Crippen molar-refractivity contribution < 1.29 is 9.47 Å². The lowest BCUT2D eigenvalue weighted by atomic mass is 9.86. The molecule has 0 saturated carbocycles. The molecule has 19 heavy (non-hydrogen) atoms. The number of nitrogens with zero attached hydrogens (tertiary/aromatic N) is 1. The van der Waals surface area contributed by atoms with Crippen LogP contribution in [0.3, 0.4) is 0 Å². The molecule has 4 N–H and O–H groups in total. The minimum absolute atomic E-state index is 0.0622. The van der Waals surface area contributed by atoms with E-state index in [1.165, 1.54) is 0 Å². The molecule has 0 aromatic rings. The Morgan fingerprint density at radius 2 is 1.42 bits per heavy atom. The average molecular weight is 275 g/mol. The predicted octanol–water partition coefficient (Wildman–Crippen LogP) is 0.675. The van der Waals surface area contributed by atoms with Crippen LogP contribution in [-0.4, -0.2) is 65.1 Å². The van der Waals surface area contributed by atoms with Gasteiger partial charge < -0.3 is 25.8 Å². The highest BCUT2D eigenvalue weighted by atomic mass is 16.5. The molecule has 0 radical (unpaired) electrons. The second kappa shape index (κ2) is 11.6. The first-order chi connectivity index (χ1) is 9.10. The van der Waals surface area contributed by atoms with Crippen LogP contribution in [-0.2, 0) is 9.47 Å². The molecule has 0 fully saturated rings. The van der Waals surface area contributed by atoms with Crippen molar-refractivity contribution in [1.82, 2.24) is 4.90 Å². The largest absolute Gasteiger partial charge is 0.381 e. The van der Waals surface area contributed by atoms with Gasteiger partial charge in [0.15, 0.2) is 0 Å². The van der Waals surface area contributed by atoms with Gasteiger partial charge in [0.25, 0.3) is 0 Å². The molecule has 0 saturated heterocycles. The summed E-state index contributed by atoms with van der Waals surface area (Å²) >= 11 is 0. The molecule has 116 valence electrons. The highest BCUT2D eigenvalue weighted by Gasteiger charge is 2.29. The van der Waals surface area contributed by atoms with E-state index in [1.807, 2.05) is 0 Å². The van der Waals surface area contributed by atoms with Crippen molar-refractivity contribution in [2.75, 3.05) is 60.2 Å². The quantitative estimate of drug-likeness (QED) is 0.483. The zero-order chi connectivity index (χ0) is 14.6. The molecular weight excluding hydrogens is 242 g/mol. The van der Waals surface area contributed by atoms with Crippen molar-refractivity contribution in [2.24, 2.45) is 16.9 Å². The van der Waals surface area contributed by atoms with Gasteiger partial charge in [0.2, 0.25) is 0 Å². The van der Waals surface area contributed by atoms with E-state index in [0.717, 1.165) is 52.2 Å². The molecule has 0 aliphatic rings. The zero-order valence-corrected chi connectivity index (χ0v) is 13.0. The summed E-state index contributed by atoms with van der Waals surface area (Å²) in [5.74, 6) is 0. The van der Waals surface area contributed by atoms with Crippen molar-refractivity contribution in [2.45, 2.75) is 26.2 Å². The van der Waals surface area contributed by atoms with E-state index in [0.29, 0.717) is 13.1 Å². The van der Waals surface area contributed by atoms with Crippen LogP contribution in [0.25, 0.3) is 0 Å². The maximum atomic E-state index is 5.78. The number of rotatable bonds is 13. The van der Waals surface area contributed by atoms with Crippen molar-refractivity contribution in [3.63, 3.8) is 0 Å². The van der Waals surface area contributed by atoms with Gasteiger partial charge in [-0.2, -0.15) is 0 Å². The van der Waals surface area contributed by atoms with Gasteiger partial charge in [0.05, 0.1) is 13.2 Å². The van der Waals surface area contributed by atoms with Crippen LogP contribution in [0.1, 0.15) is 26.2 Å². The van der Waals surface area contributed by atoms with E-state index in [2.05, 4.69) is 25.9 Å². The highest BCUT2D eigenvalue weighted by molar-refractivity contribution is 4.80. The topological polar surface area (TPSA) is 73.7 Å². The maximum Gasteiger partial charge on any atom is 0.0556 e. The van der Waals surface area contributed by atoms with Crippen LogP contribution in [0.2, 0.25) is 0 Å². The Bertz CT molecular complexity index is 189. The Hall–Kier alpha value is -0.200. The fraction of sp³-hybridized carbons (Fsp3) is 1.00. The van der Waals surface area contributed by atoms with E-state index in [4.69, 9.17) is 20.9 Å². The third kappa shape index (κ3) is 9.35. The number of hydrogen-bond acceptors (Lipinski definition) is 5. The fourth-order valence-corrected chi connectivity index (χ4v) is 2.07. The van der Waals surface area contributed by atoms with Crippen molar-refractivity contribution in [3.05, 3.63) is 0 Å². The lowest BCUT2D eigenvalue weighted by Crippen LogP contribution is -2.41. The van der Waals surface area contributed by atoms with E-state index in [1.54, 1.807) is 0 Å². The zero-order valence-electron chi connectivity index (χ0n) is 13.0. The third-order valence-corrected chi connectivity index (χ3v) is 3.20. The summed E-state index contributed by atoms with van der Waals surface area (Å²) in [7, 11) is 4.17. The summed E-state index contributed by atoms with van der Waals surface area (Å²) in [5, 5.41) is 0. The van der Waals surface area contributed by atoms with E-state index in [9.17, 15) is 0 Å². The Labute approximate surface area is 118 Å². The van der Waals surface area contributed by atoms with E-state index in [-0.39, 0.29) is 5.41 Å². The molecule has 0 rings (SSSR count). The lowest BCUT2D eigenvalue weighted by molar-refractivity contribution is -0.0369. The van der Waals surface area contributed by atoms with Crippen LogP contribution < -0.4 is 11.5 Å². The SMILES string of the molecule is CCC(COCCCN)(COCCCN)CN(C)C. The first kappa shape index (κ1) is 18.8. The van der Waals surface area contributed by atoms with Gasteiger partial charge in [-0.25, -0.2) is 0 Å². The molecule has 0 unspecified atom stereocenters. The minimum atomic E-state index is 0.0622. The van der Waals surface area contributed by atoms with Crippen molar-refractivity contribution in [1.29, 1.82) is 0 Å². The Kier molecular flexibility index (Phi) is 11.5. The fourth-order valence-electron chi connectivity index (χ4n) is 2.07. The lowest BCUT2D eigenvalue weighted by Gasteiger charge is -2.35. The standard InChI is InChI=1S/C14H33N3O2/c1-4-14(11-17(2)3,12-18-9-5-7-15)13-19-10-6-8-16/h4-13,15-16H2,1-3H3. The van der Waals surface area contributed by atoms with Crippen molar-refractivity contribution >= 4 is 0 Å². The molecule has 5 nitrogen and oxygen atoms in total. The summed E-state index contributed by atoms with van der Waals surface area (Å²) in [6.07, 6.45) is 2.86. The van der Waals surface area contributed by atoms with E-state index >= 15 is 0 Å². The molecular formula is C14H33N3O2. The summed E-state index contributed by atoms with van der Waals surface area (Å²) in [6, 6.07) is 0. The van der Waals surface area contributed by atoms with Gasteiger partial charge in [-0.15, -0.1) is 0 Å². The first-order valence-electron chi connectivity index (χ1n) is 7.30. The number of nitrogens with two attached hydrogens (primary N) is 2. The molecule has 0 heterocycles. The van der Waals surface area contributed by atoms with Crippen LogP contribution in [0.4, 0.5) is 0 Å². The van der Waals surface area contributed by atoms with Crippen LogP contribution in [0.15, 0.2) is 0 Å². The first-order valence-corrected chi connectivity index (χ1v) is 7.30. The summed E-state index contributed by atoms with van der Waals surface area (Å²) in [5.41, 5.74) is 11.0. The second-order valence-electron chi connectivity index (χ2n) is 5.48. The Morgan fingerprint density at radius 3 is 1.74 bits per heavy atom. The van der Waals surface area contributed by atoms with Crippen LogP contribution in [0.5, 0.6) is 0 Å². The minimum Gasteiger partial charge on any atom is -0.381 e. The van der Waals surface area contributed by atoms with Crippen LogP contribution >= 0.6 is 0 Å². The number of hydrogen-bond donors (Lipinski definition) is 2. The molecule has 5 heteroatoms. The molecule has 0 aromatic heterocycles. The second-order valence-corrected chi connectivity index (χ2v) is 5.48. The monoisotopic (exact) mass is 275 g/mol. The van der Waals surface area contributed by atoms with Gasteiger partial charge >= 0.3 is 0 Å². The predicted molar refractivity (Wildman–Crippen MR) is 80.3 cm³/mol. The molecule has 0 bridgehead atoms. The van der Waals surface area contributed by atoms with Gasteiger partial charge in [0.1, 0.15) is 0 Å². The van der Waals surface area contributed by atoms with E-state index < -0.39 is 0 Å². The molecule has 0 aliphatic heterocycles. The summed E-state index contributed by atoms with van der Waals surface area (Å²) in [6.45, 7) is 7.44. The van der Waals surface area contributed by atoms with Crippen LogP contribution in [0, 0.1) is 5.41 Å². The van der Waals surface area contributed by atoms with Gasteiger partial charge in [-0.05, 0) is 46.4 Å². The maximum absolute atomic E-state index is 5.78. The molecule has 0 aromatic carbocycles. The molecule has 0 amide bonds. The Morgan fingerprint density at radius 1 is 0.947 bits per heavy atom. The normalized spacial score (nSPS) is 12.3. The van der Waals surface area contributed by atoms with Gasteiger partial charge in [0, 0.05) is 25.2 Å². The summed E-state index contributed by atoms with van der Waals surface area (Å²) in [4.78, 5) is 2.20.